The summed E-state index contributed by atoms with van der Waals surface area (Å²) in [6, 6.07) is 15.5. The minimum Gasteiger partial charge on any atom is -0.481 e. The van der Waals surface area contributed by atoms with Crippen molar-refractivity contribution in [3.63, 3.8) is 0 Å². The maximum atomic E-state index is 13.3. The lowest BCUT2D eigenvalue weighted by Crippen LogP contribution is -2.54. The zero-order valence-corrected chi connectivity index (χ0v) is 19.9. The van der Waals surface area contributed by atoms with Crippen molar-refractivity contribution in [3.05, 3.63) is 59.7 Å². The highest BCUT2D eigenvalue weighted by atomic mass is 16.5. The number of nitrogens with one attached hydrogen (secondary N) is 1. The van der Waals surface area contributed by atoms with Gasteiger partial charge in [0.2, 0.25) is 5.91 Å². The normalized spacial score (nSPS) is 18.2. The third kappa shape index (κ3) is 4.93. The number of hydrogen-bond acceptors (Lipinski definition) is 4. The van der Waals surface area contributed by atoms with E-state index in [0.29, 0.717) is 19.5 Å². The lowest BCUT2D eigenvalue weighted by Gasteiger charge is -2.33. The molecule has 1 heterocycles. The van der Waals surface area contributed by atoms with E-state index in [1.165, 1.54) is 0 Å². The van der Waals surface area contributed by atoms with Crippen LogP contribution in [0.4, 0.5) is 4.79 Å². The lowest BCUT2D eigenvalue weighted by atomic mass is 9.86. The van der Waals surface area contributed by atoms with Gasteiger partial charge in [-0.05, 0) is 40.0 Å². The minimum atomic E-state index is -0.858. The van der Waals surface area contributed by atoms with Crippen molar-refractivity contribution in [1.82, 2.24) is 10.2 Å². The molecule has 2 N–H and O–H groups in total. The standard InChI is InChI=1S/C27H32N2O5/c1-27(2,3)24(25(32)29-13-12-17(15-29)14-23(30)31)28-26(33)34-16-22-20-10-6-4-8-18(20)19-9-5-7-11-21(19)22/h4-11,17,22,24H,12-16H2,1-3H3,(H,28,33)(H,30,31)/t17?,24-/m1/s1. The lowest BCUT2D eigenvalue weighted by molar-refractivity contribution is -0.139. The summed E-state index contributed by atoms with van der Waals surface area (Å²) in [6.07, 6.45) is 0.0697. The number of alkyl carbamates (subject to hydrolysis) is 1. The number of benzene rings is 2. The number of nitrogens with zero attached hydrogens (tertiary/aromatic N) is 1. The van der Waals surface area contributed by atoms with E-state index in [0.717, 1.165) is 22.3 Å². The molecule has 1 aliphatic heterocycles. The quantitative estimate of drug-likeness (QED) is 0.666. The summed E-state index contributed by atoms with van der Waals surface area (Å²) >= 11 is 0. The van der Waals surface area contributed by atoms with Crippen LogP contribution in [-0.4, -0.2) is 53.7 Å². The van der Waals surface area contributed by atoms with Gasteiger partial charge in [-0.25, -0.2) is 4.79 Å². The Balaban J connectivity index is 1.42. The highest BCUT2D eigenvalue weighted by Crippen LogP contribution is 2.44. The summed E-state index contributed by atoms with van der Waals surface area (Å²) in [5.74, 6) is -1.17. The third-order valence-corrected chi connectivity index (χ3v) is 6.78. The van der Waals surface area contributed by atoms with E-state index in [-0.39, 0.29) is 30.8 Å². The van der Waals surface area contributed by atoms with Gasteiger partial charge in [-0.1, -0.05) is 69.3 Å². The van der Waals surface area contributed by atoms with Crippen LogP contribution >= 0.6 is 0 Å². The zero-order chi connectivity index (χ0) is 24.5. The Labute approximate surface area is 200 Å². The Morgan fingerprint density at radius 3 is 2.21 bits per heavy atom. The van der Waals surface area contributed by atoms with Crippen LogP contribution < -0.4 is 5.32 Å². The zero-order valence-electron chi connectivity index (χ0n) is 19.9. The van der Waals surface area contributed by atoms with Crippen molar-refractivity contribution < 1.29 is 24.2 Å². The number of carboxylic acid groups (broad SMARTS) is 1. The van der Waals surface area contributed by atoms with Gasteiger partial charge in [0.25, 0.3) is 0 Å². The number of carboxylic acids is 1. The van der Waals surface area contributed by atoms with Gasteiger partial charge in [-0.2, -0.15) is 0 Å². The van der Waals surface area contributed by atoms with Gasteiger partial charge in [-0.15, -0.1) is 0 Å². The van der Waals surface area contributed by atoms with Gasteiger partial charge in [0.05, 0.1) is 0 Å². The first-order chi connectivity index (χ1) is 16.1. The fourth-order valence-corrected chi connectivity index (χ4v) is 5.04. The van der Waals surface area contributed by atoms with E-state index in [4.69, 9.17) is 9.84 Å². The van der Waals surface area contributed by atoms with Gasteiger partial charge in [-0.3, -0.25) is 9.59 Å². The second kappa shape index (κ2) is 9.49. The Morgan fingerprint density at radius 2 is 1.65 bits per heavy atom. The van der Waals surface area contributed by atoms with Crippen molar-refractivity contribution in [3.8, 4) is 11.1 Å². The summed E-state index contributed by atoms with van der Waals surface area (Å²) in [5.41, 5.74) is 4.02. The Bertz CT molecular complexity index is 1040. The van der Waals surface area contributed by atoms with Crippen LogP contribution in [0.25, 0.3) is 11.1 Å². The van der Waals surface area contributed by atoms with E-state index in [1.54, 1.807) is 4.90 Å². The maximum Gasteiger partial charge on any atom is 0.407 e. The second-order valence-corrected chi connectivity index (χ2v) is 10.3. The molecule has 0 radical (unpaired) electrons. The molecule has 180 valence electrons. The van der Waals surface area contributed by atoms with E-state index in [1.807, 2.05) is 45.0 Å². The Morgan fingerprint density at radius 1 is 1.06 bits per heavy atom. The van der Waals surface area contributed by atoms with E-state index in [2.05, 4.69) is 29.6 Å². The van der Waals surface area contributed by atoms with E-state index in [9.17, 15) is 14.4 Å². The van der Waals surface area contributed by atoms with Crippen LogP contribution in [0.5, 0.6) is 0 Å². The van der Waals surface area contributed by atoms with Gasteiger partial charge >= 0.3 is 12.1 Å². The van der Waals surface area contributed by atoms with Gasteiger partial charge in [0.1, 0.15) is 12.6 Å². The summed E-state index contributed by atoms with van der Waals surface area (Å²) in [4.78, 5) is 38.8. The number of amides is 2. The van der Waals surface area contributed by atoms with Crippen LogP contribution in [0.1, 0.15) is 50.7 Å². The SMILES string of the molecule is CC(C)(C)[C@H](NC(=O)OCC1c2ccccc2-c2ccccc21)C(=O)N1CCC(CC(=O)O)C1. The van der Waals surface area contributed by atoms with Crippen LogP contribution in [0.2, 0.25) is 0 Å². The first-order valence-electron chi connectivity index (χ1n) is 11.8. The first-order valence-corrected chi connectivity index (χ1v) is 11.8. The van der Waals surface area contributed by atoms with Crippen molar-refractivity contribution in [2.75, 3.05) is 19.7 Å². The smallest absolute Gasteiger partial charge is 0.407 e. The first kappa shape index (κ1) is 23.8. The van der Waals surface area contributed by atoms with Crippen molar-refractivity contribution in [1.29, 1.82) is 0 Å². The van der Waals surface area contributed by atoms with Crippen molar-refractivity contribution in [2.24, 2.45) is 11.3 Å². The Kier molecular flexibility index (Phi) is 6.64. The average molecular weight is 465 g/mol. The average Bonchev–Trinajstić information content (AvgIpc) is 3.37. The monoisotopic (exact) mass is 464 g/mol. The predicted molar refractivity (Wildman–Crippen MR) is 128 cm³/mol. The summed E-state index contributed by atoms with van der Waals surface area (Å²) in [7, 11) is 0. The van der Waals surface area contributed by atoms with Crippen LogP contribution in [-0.2, 0) is 14.3 Å². The summed E-state index contributed by atoms with van der Waals surface area (Å²) in [5, 5.41) is 11.8. The molecule has 2 aromatic carbocycles. The molecule has 2 atom stereocenters. The molecule has 2 aromatic rings. The van der Waals surface area contributed by atoms with E-state index >= 15 is 0 Å². The van der Waals surface area contributed by atoms with Crippen LogP contribution in [0.15, 0.2) is 48.5 Å². The maximum absolute atomic E-state index is 13.3. The fraction of sp³-hybridized carbons (Fsp3) is 0.444. The molecular formula is C27H32N2O5. The van der Waals surface area contributed by atoms with Crippen molar-refractivity contribution in [2.45, 2.75) is 45.6 Å². The number of rotatable bonds is 6. The molecule has 7 heteroatoms. The molecule has 1 unspecified atom stereocenters. The number of carbonyl (C=O) groups excluding carboxylic acids is 2. The van der Waals surface area contributed by atoms with Gasteiger partial charge in [0, 0.05) is 25.4 Å². The molecular weight excluding hydrogens is 432 g/mol. The molecule has 7 nitrogen and oxygen atoms in total. The number of aliphatic carboxylic acids is 1. The number of fused-ring (bicyclic) bond motifs is 3. The van der Waals surface area contributed by atoms with Gasteiger partial charge in [0.15, 0.2) is 0 Å². The third-order valence-electron chi connectivity index (χ3n) is 6.78. The molecule has 2 amide bonds. The molecule has 1 aliphatic carbocycles. The summed E-state index contributed by atoms with van der Waals surface area (Å²) in [6.45, 7) is 6.74. The molecule has 2 aliphatic rings. The van der Waals surface area contributed by atoms with Crippen LogP contribution in [0, 0.1) is 11.3 Å². The number of ether oxygens (including phenoxy) is 1. The molecule has 4 rings (SSSR count). The molecule has 1 saturated heterocycles. The molecule has 0 spiro atoms. The molecule has 0 bridgehead atoms. The molecule has 0 saturated carbocycles. The minimum absolute atomic E-state index is 0.0454. The Hall–Kier alpha value is -3.35. The highest BCUT2D eigenvalue weighted by molar-refractivity contribution is 5.87. The predicted octanol–water partition coefficient (Wildman–Crippen LogP) is 4.26. The fourth-order valence-electron chi connectivity index (χ4n) is 5.04. The largest absolute Gasteiger partial charge is 0.481 e. The van der Waals surface area contributed by atoms with Crippen molar-refractivity contribution >= 4 is 18.0 Å². The topological polar surface area (TPSA) is 95.9 Å². The molecule has 34 heavy (non-hydrogen) atoms. The molecule has 1 fully saturated rings. The number of likely N-dealkylation sites (tertiary alicyclic amines) is 1. The highest BCUT2D eigenvalue weighted by Gasteiger charge is 2.39. The number of hydrogen-bond donors (Lipinski definition) is 2. The summed E-state index contributed by atoms with van der Waals surface area (Å²) < 4.78 is 5.65. The van der Waals surface area contributed by atoms with Gasteiger partial charge < -0.3 is 20.1 Å². The second-order valence-electron chi connectivity index (χ2n) is 10.3. The van der Waals surface area contributed by atoms with Crippen LogP contribution in [0.3, 0.4) is 0 Å². The molecule has 0 aromatic heterocycles. The van der Waals surface area contributed by atoms with E-state index < -0.39 is 23.5 Å². The number of carbonyl (C=O) groups is 3.